The molecule has 1 aromatic heterocycles. The highest BCUT2D eigenvalue weighted by atomic mass is 32.1. The Bertz CT molecular complexity index is 2480. The van der Waals surface area contributed by atoms with Gasteiger partial charge in [0.25, 0.3) is 5.91 Å². The summed E-state index contributed by atoms with van der Waals surface area (Å²) in [5.74, 6) is -1.91. The van der Waals surface area contributed by atoms with Crippen molar-refractivity contribution in [1.29, 1.82) is 5.26 Å². The van der Waals surface area contributed by atoms with Crippen molar-refractivity contribution in [3.63, 3.8) is 0 Å². The molecule has 3 N–H and O–H groups in total. The average molecular weight is 972 g/mol. The monoisotopic (exact) mass is 971 g/mol. The molecule has 362 valence electrons. The van der Waals surface area contributed by atoms with Crippen LogP contribution in [0.1, 0.15) is 71.4 Å². The van der Waals surface area contributed by atoms with Crippen molar-refractivity contribution >= 4 is 63.7 Å². The number of thiazole rings is 1. The van der Waals surface area contributed by atoms with Gasteiger partial charge in [-0.1, -0.05) is 45.0 Å². The number of thiocarbonyl (C=S) groups is 1. The Labute approximate surface area is 405 Å². The van der Waals surface area contributed by atoms with Gasteiger partial charge in [0, 0.05) is 63.3 Å². The van der Waals surface area contributed by atoms with E-state index in [4.69, 9.17) is 31.2 Å². The largest absolute Gasteiger partial charge is 0.495 e. The number of likely N-dealkylation sites (tertiary alicyclic amines) is 1. The molecular weight excluding hydrogens is 914 g/mol. The SMILES string of the molecule is COc1cc(N2C(=O)C(C)(C)N(c3ccc(OCCCCOCCCOCC(=O)N[C@H](C(=O)N4C[C@H](O)C[C@H]4C(=O)NCc4ccc(-c5cncs5)cc4)C(C)(C)C)c(F)c3)C2=S)ccc1C#N. The van der Waals surface area contributed by atoms with E-state index >= 15 is 4.39 Å². The quantitative estimate of drug-likeness (QED) is 0.0638. The van der Waals surface area contributed by atoms with Gasteiger partial charge in [0.05, 0.1) is 41.5 Å². The molecule has 0 unspecified atom stereocenters. The number of nitrogens with one attached hydrogen (secondary N) is 2. The summed E-state index contributed by atoms with van der Waals surface area (Å²) >= 11 is 7.26. The predicted molar refractivity (Wildman–Crippen MR) is 259 cm³/mol. The number of nitrogens with zero attached hydrogens (tertiary/aromatic N) is 5. The Morgan fingerprint density at radius 3 is 2.38 bits per heavy atom. The molecule has 6 rings (SSSR count). The van der Waals surface area contributed by atoms with Gasteiger partial charge in [-0.3, -0.25) is 29.1 Å². The smallest absolute Gasteiger partial charge is 0.259 e. The van der Waals surface area contributed by atoms with Gasteiger partial charge in [-0.05, 0) is 86.1 Å². The van der Waals surface area contributed by atoms with E-state index in [1.165, 1.54) is 40.4 Å². The number of amides is 4. The van der Waals surface area contributed by atoms with Gasteiger partial charge >= 0.3 is 0 Å². The zero-order valence-electron chi connectivity index (χ0n) is 39.1. The first-order valence-corrected chi connectivity index (χ1v) is 23.6. The second-order valence-corrected chi connectivity index (χ2v) is 19.3. The Kier molecular flexibility index (Phi) is 17.2. The van der Waals surface area contributed by atoms with Crippen LogP contribution < -0.4 is 29.9 Å². The fraction of sp³-hybridized carbons (Fsp3) is 0.449. The number of benzene rings is 3. The zero-order valence-corrected chi connectivity index (χ0v) is 40.7. The number of carbonyl (C=O) groups is 4. The van der Waals surface area contributed by atoms with E-state index in [-0.39, 0.29) is 62.0 Å². The highest BCUT2D eigenvalue weighted by Gasteiger charge is 2.50. The number of methoxy groups -OCH3 is 1. The van der Waals surface area contributed by atoms with E-state index in [1.54, 1.807) is 54.7 Å². The van der Waals surface area contributed by atoms with Gasteiger partial charge in [-0.25, -0.2) is 4.39 Å². The lowest BCUT2D eigenvalue weighted by molar-refractivity contribution is -0.144. The van der Waals surface area contributed by atoms with Crippen molar-refractivity contribution in [3.8, 4) is 28.0 Å². The molecular formula is C49H58FN7O9S2. The topological polar surface area (TPSA) is 196 Å². The maximum Gasteiger partial charge on any atom is 0.259 e. The summed E-state index contributed by atoms with van der Waals surface area (Å²) in [5, 5.41) is 25.7. The number of aliphatic hydroxyl groups excluding tert-OH is 1. The molecule has 0 spiro atoms. The number of hydrogen-bond acceptors (Lipinski definition) is 13. The van der Waals surface area contributed by atoms with Crippen molar-refractivity contribution in [1.82, 2.24) is 20.5 Å². The third kappa shape index (κ3) is 12.3. The number of β-amino-alcohol motifs (C(OH)–C–C–N with tert-alkyl or cyclic N) is 1. The average Bonchev–Trinajstić information content (AvgIpc) is 4.03. The Morgan fingerprint density at radius 2 is 1.71 bits per heavy atom. The van der Waals surface area contributed by atoms with Crippen LogP contribution in [0.4, 0.5) is 15.8 Å². The van der Waals surface area contributed by atoms with Crippen LogP contribution in [0.5, 0.6) is 11.5 Å². The molecule has 2 aliphatic heterocycles. The molecule has 19 heteroatoms. The summed E-state index contributed by atoms with van der Waals surface area (Å²) in [5.41, 5.74) is 2.93. The van der Waals surface area contributed by atoms with Crippen molar-refractivity contribution in [3.05, 3.63) is 89.3 Å². The van der Waals surface area contributed by atoms with E-state index in [1.807, 2.05) is 51.1 Å². The van der Waals surface area contributed by atoms with E-state index in [0.717, 1.165) is 16.0 Å². The maximum atomic E-state index is 15.3. The normalized spacial score (nSPS) is 17.2. The fourth-order valence-electron chi connectivity index (χ4n) is 7.91. The molecule has 16 nitrogen and oxygen atoms in total. The zero-order chi connectivity index (χ0) is 49.2. The molecule has 4 amide bonds. The van der Waals surface area contributed by atoms with Gasteiger partial charge in [0.15, 0.2) is 16.7 Å². The van der Waals surface area contributed by atoms with Crippen LogP contribution >= 0.6 is 23.6 Å². The minimum atomic E-state index is -1.14. The summed E-state index contributed by atoms with van der Waals surface area (Å²) in [6.45, 7) is 10.1. The van der Waals surface area contributed by atoms with Crippen molar-refractivity contribution in [2.75, 3.05) is 56.5 Å². The third-order valence-electron chi connectivity index (χ3n) is 11.6. The van der Waals surface area contributed by atoms with Crippen molar-refractivity contribution in [2.24, 2.45) is 5.41 Å². The Hall–Kier alpha value is -6.04. The molecule has 3 heterocycles. The summed E-state index contributed by atoms with van der Waals surface area (Å²) < 4.78 is 37.7. The second-order valence-electron chi connectivity index (χ2n) is 18.0. The molecule has 2 fully saturated rings. The Morgan fingerprint density at radius 1 is 1.00 bits per heavy atom. The van der Waals surface area contributed by atoms with Gasteiger partial charge in [-0.2, -0.15) is 5.26 Å². The molecule has 0 saturated carbocycles. The first-order valence-electron chi connectivity index (χ1n) is 22.3. The minimum Gasteiger partial charge on any atom is -0.495 e. The van der Waals surface area contributed by atoms with Crippen LogP contribution in [-0.2, 0) is 35.2 Å². The summed E-state index contributed by atoms with van der Waals surface area (Å²) in [7, 11) is 1.43. The van der Waals surface area contributed by atoms with E-state index in [9.17, 15) is 29.5 Å². The molecule has 0 bridgehead atoms. The summed E-state index contributed by atoms with van der Waals surface area (Å²) in [4.78, 5) is 63.3. The number of rotatable bonds is 21. The highest BCUT2D eigenvalue weighted by Crippen LogP contribution is 2.39. The molecule has 2 saturated heterocycles. The van der Waals surface area contributed by atoms with Crippen LogP contribution in [0.3, 0.4) is 0 Å². The summed E-state index contributed by atoms with van der Waals surface area (Å²) in [6, 6.07) is 17.1. The van der Waals surface area contributed by atoms with Crippen LogP contribution in [-0.4, -0.2) is 114 Å². The van der Waals surface area contributed by atoms with Crippen molar-refractivity contribution in [2.45, 2.75) is 90.6 Å². The van der Waals surface area contributed by atoms with Crippen LogP contribution in [0.15, 0.2) is 72.4 Å². The van der Waals surface area contributed by atoms with Gasteiger partial charge in [0.2, 0.25) is 17.7 Å². The molecule has 0 aliphatic carbocycles. The second kappa shape index (κ2) is 22.8. The van der Waals surface area contributed by atoms with Crippen molar-refractivity contribution < 1.29 is 47.6 Å². The van der Waals surface area contributed by atoms with Crippen LogP contribution in [0, 0.1) is 22.6 Å². The van der Waals surface area contributed by atoms with Gasteiger partial charge < -0.3 is 44.5 Å². The molecule has 2 aliphatic rings. The molecule has 4 aromatic rings. The van der Waals surface area contributed by atoms with E-state index in [0.29, 0.717) is 55.2 Å². The number of carbonyl (C=O) groups excluding carboxylic acids is 4. The summed E-state index contributed by atoms with van der Waals surface area (Å²) in [6.07, 6.45) is 2.76. The van der Waals surface area contributed by atoms with Gasteiger partial charge in [-0.15, -0.1) is 11.3 Å². The molecule has 0 radical (unpaired) electrons. The maximum absolute atomic E-state index is 15.3. The highest BCUT2D eigenvalue weighted by molar-refractivity contribution is 7.81. The van der Waals surface area contributed by atoms with E-state index < -0.39 is 46.8 Å². The van der Waals surface area contributed by atoms with Gasteiger partial charge in [0.1, 0.15) is 36.0 Å². The molecule has 3 aromatic carbocycles. The molecule has 68 heavy (non-hydrogen) atoms. The number of nitriles is 1. The number of halogens is 1. The van der Waals surface area contributed by atoms with Crippen LogP contribution in [0.2, 0.25) is 0 Å². The number of ether oxygens (including phenoxy) is 4. The fourth-order valence-corrected chi connectivity index (χ4v) is 9.06. The van der Waals surface area contributed by atoms with Crippen LogP contribution in [0.25, 0.3) is 10.4 Å². The minimum absolute atomic E-state index is 0.0297. The lowest BCUT2D eigenvalue weighted by atomic mass is 9.85. The first kappa shape index (κ1) is 51.4. The lowest BCUT2D eigenvalue weighted by Crippen LogP contribution is -2.58. The van der Waals surface area contributed by atoms with E-state index in [2.05, 4.69) is 15.6 Å². The number of aliphatic hydroxyl groups is 1. The number of hydrogen-bond donors (Lipinski definition) is 3. The predicted octanol–water partition coefficient (Wildman–Crippen LogP) is 6.14. The standard InChI is InChI=1S/C49H58FN7O9S2/c1-48(2,3)43(45(61)55-28-36(58)24-38(55)44(60)53-26-31-10-12-32(13-11-31)41-27-52-30-68-41)54-42(59)29-65-20-9-19-64-18-7-8-21-66-39-17-16-35(22-37(39)50)57-47(67)56(46(62)49(57,4)5)34-15-14-33(25-51)40(23-34)63-6/h10-17,22-23,27,30,36,38,43,58H,7-9,18-21,24,26,28-29H2,1-6H3,(H,53,60)(H,54,59)/t36-,38+,43-/m1/s1. The molecule has 3 atom stereocenters. The lowest BCUT2D eigenvalue weighted by Gasteiger charge is -2.35. The number of unbranched alkanes of at least 4 members (excludes halogenated alkanes) is 1. The number of aromatic nitrogens is 1. The number of anilines is 2. The Balaban J connectivity index is 0.869. The third-order valence-corrected chi connectivity index (χ3v) is 12.8. The first-order chi connectivity index (χ1) is 32.4.